The topological polar surface area (TPSA) is 101 Å². The van der Waals surface area contributed by atoms with E-state index >= 15 is 0 Å². The number of hydrogen-bond donors (Lipinski definition) is 2. The molecule has 146 valence electrons. The molecule has 0 saturated carbocycles. The van der Waals surface area contributed by atoms with E-state index in [9.17, 15) is 13.2 Å². The molecule has 2 aromatic rings. The molecule has 1 aromatic heterocycles. The molecule has 0 saturated heterocycles. The molecule has 1 heterocycles. The lowest BCUT2D eigenvalue weighted by molar-refractivity contribution is -0.116. The summed E-state index contributed by atoms with van der Waals surface area (Å²) < 4.78 is 27.5. The lowest BCUT2D eigenvalue weighted by Gasteiger charge is -2.16. The van der Waals surface area contributed by atoms with Crippen molar-refractivity contribution in [3.63, 3.8) is 0 Å². The Morgan fingerprint density at radius 1 is 1.19 bits per heavy atom. The molecule has 0 radical (unpaired) electrons. The number of benzene rings is 1. The number of carbonyl (C=O) groups excluding carboxylic acids is 1. The summed E-state index contributed by atoms with van der Waals surface area (Å²) in [5, 5.41) is 11.9. The summed E-state index contributed by atoms with van der Waals surface area (Å²) in [5.74, 6) is -0.193. The van der Waals surface area contributed by atoms with Crippen LogP contribution in [0.3, 0.4) is 0 Å². The van der Waals surface area contributed by atoms with Crippen LogP contribution >= 0.6 is 11.3 Å². The van der Waals surface area contributed by atoms with E-state index in [0.29, 0.717) is 16.4 Å². The molecule has 2 N–H and O–H groups in total. The van der Waals surface area contributed by atoms with Crippen molar-refractivity contribution in [3.8, 4) is 0 Å². The lowest BCUT2D eigenvalue weighted by atomic mass is 9.92. The highest BCUT2D eigenvalue weighted by Gasteiger charge is 2.17. The maximum absolute atomic E-state index is 12.5. The second kappa shape index (κ2) is 8.90. The highest BCUT2D eigenvalue weighted by Crippen LogP contribution is 2.24. The monoisotopic (exact) mass is 408 g/mol. The Hall–Kier alpha value is -1.84. The van der Waals surface area contributed by atoms with E-state index in [-0.39, 0.29) is 18.9 Å². The molecule has 1 aliphatic rings. The van der Waals surface area contributed by atoms with Gasteiger partial charge in [0.2, 0.25) is 21.1 Å². The van der Waals surface area contributed by atoms with Crippen molar-refractivity contribution in [2.75, 3.05) is 11.9 Å². The van der Waals surface area contributed by atoms with Crippen molar-refractivity contribution in [1.29, 1.82) is 0 Å². The average Bonchev–Trinajstić information content (AvgIpc) is 3.12. The Morgan fingerprint density at radius 3 is 2.70 bits per heavy atom. The first kappa shape index (κ1) is 19.9. The number of carbonyl (C=O) groups is 1. The van der Waals surface area contributed by atoms with Crippen LogP contribution in [0, 0.1) is 0 Å². The third-order valence-electron chi connectivity index (χ3n) is 4.52. The van der Waals surface area contributed by atoms with Crippen molar-refractivity contribution in [2.24, 2.45) is 0 Å². The third-order valence-corrected chi connectivity index (χ3v) is 6.96. The van der Waals surface area contributed by atoms with Gasteiger partial charge < -0.3 is 5.32 Å². The van der Waals surface area contributed by atoms with E-state index in [1.807, 2.05) is 13.0 Å². The van der Waals surface area contributed by atoms with Crippen molar-refractivity contribution >= 4 is 32.4 Å². The summed E-state index contributed by atoms with van der Waals surface area (Å²) in [4.78, 5) is 12.2. The fourth-order valence-electron chi connectivity index (χ4n) is 3.04. The molecule has 1 amide bonds. The van der Waals surface area contributed by atoms with E-state index in [4.69, 9.17) is 0 Å². The average molecular weight is 409 g/mol. The van der Waals surface area contributed by atoms with E-state index in [1.54, 1.807) is 12.1 Å². The highest BCUT2D eigenvalue weighted by atomic mass is 32.2. The van der Waals surface area contributed by atoms with Crippen LogP contribution in [0.4, 0.5) is 5.13 Å². The molecule has 0 bridgehead atoms. The first-order chi connectivity index (χ1) is 13.0. The Kier molecular flexibility index (Phi) is 6.56. The molecular formula is C18H24N4O3S2. The van der Waals surface area contributed by atoms with Gasteiger partial charge in [0.1, 0.15) is 5.01 Å². The van der Waals surface area contributed by atoms with E-state index in [1.165, 1.54) is 16.9 Å². The number of anilines is 1. The van der Waals surface area contributed by atoms with Gasteiger partial charge >= 0.3 is 0 Å². The minimum absolute atomic E-state index is 0.193. The van der Waals surface area contributed by atoms with Gasteiger partial charge in [-0.3, -0.25) is 4.79 Å². The van der Waals surface area contributed by atoms with Crippen LogP contribution < -0.4 is 10.0 Å². The molecule has 7 nitrogen and oxygen atoms in total. The number of nitrogens with zero attached hydrogens (tertiary/aromatic N) is 2. The Bertz CT molecular complexity index is 909. The molecule has 3 rings (SSSR count). The lowest BCUT2D eigenvalue weighted by Crippen LogP contribution is -2.26. The van der Waals surface area contributed by atoms with Gasteiger partial charge in [0.25, 0.3) is 0 Å². The molecule has 9 heteroatoms. The number of aryl methyl sites for hydroxylation is 3. The van der Waals surface area contributed by atoms with Crippen molar-refractivity contribution < 1.29 is 13.2 Å². The van der Waals surface area contributed by atoms with Crippen LogP contribution in [-0.2, 0) is 34.1 Å². The van der Waals surface area contributed by atoms with Crippen LogP contribution in [0.2, 0.25) is 0 Å². The van der Waals surface area contributed by atoms with Crippen LogP contribution in [0.5, 0.6) is 0 Å². The third kappa shape index (κ3) is 5.33. The fourth-order valence-corrected chi connectivity index (χ4v) is 4.86. The molecule has 0 atom stereocenters. The zero-order valence-corrected chi connectivity index (χ0v) is 17.0. The maximum atomic E-state index is 12.5. The largest absolute Gasteiger partial charge is 0.301 e. The van der Waals surface area contributed by atoms with Crippen molar-refractivity contribution in [3.05, 3.63) is 34.3 Å². The van der Waals surface area contributed by atoms with Gasteiger partial charge in [-0.05, 0) is 61.8 Å². The minimum atomic E-state index is -3.55. The molecule has 27 heavy (non-hydrogen) atoms. The SMILES string of the molecule is CCc1nnc(NC(=O)CCCNS(=O)(=O)c2ccc3c(c2)CCCC3)s1. The normalized spacial score (nSPS) is 14.0. The molecule has 1 aliphatic carbocycles. The number of amides is 1. The maximum Gasteiger partial charge on any atom is 0.240 e. The van der Waals surface area contributed by atoms with Gasteiger partial charge in [-0.2, -0.15) is 0 Å². The summed E-state index contributed by atoms with van der Waals surface area (Å²) in [6, 6.07) is 5.37. The van der Waals surface area contributed by atoms with Crippen LogP contribution in [-0.4, -0.2) is 31.1 Å². The number of nitrogens with one attached hydrogen (secondary N) is 2. The smallest absolute Gasteiger partial charge is 0.240 e. The summed E-state index contributed by atoms with van der Waals surface area (Å²) in [7, 11) is -3.55. The molecule has 0 spiro atoms. The van der Waals surface area contributed by atoms with Gasteiger partial charge in [-0.15, -0.1) is 10.2 Å². The van der Waals surface area contributed by atoms with Gasteiger partial charge in [0.15, 0.2) is 0 Å². The van der Waals surface area contributed by atoms with E-state index < -0.39 is 10.0 Å². The highest BCUT2D eigenvalue weighted by molar-refractivity contribution is 7.89. The van der Waals surface area contributed by atoms with Crippen LogP contribution in [0.1, 0.15) is 48.7 Å². The first-order valence-corrected chi connectivity index (χ1v) is 11.5. The number of rotatable bonds is 8. The Labute approximate surface area is 163 Å². The molecule has 1 aromatic carbocycles. The molecule has 0 fully saturated rings. The van der Waals surface area contributed by atoms with Gasteiger partial charge in [0, 0.05) is 13.0 Å². The second-order valence-corrected chi connectivity index (χ2v) is 9.37. The summed E-state index contributed by atoms with van der Waals surface area (Å²) in [6.45, 7) is 2.18. The number of aromatic nitrogens is 2. The standard InChI is InChI=1S/C18H24N4O3S2/c1-2-17-21-22-18(26-17)20-16(23)8-5-11-19-27(24,25)15-10-9-13-6-3-4-7-14(13)12-15/h9-10,12,19H,2-8,11H2,1H3,(H,20,22,23). The summed E-state index contributed by atoms with van der Waals surface area (Å²) >= 11 is 1.35. The van der Waals surface area contributed by atoms with Gasteiger partial charge in [-0.1, -0.05) is 24.3 Å². The Balaban J connectivity index is 1.47. The summed E-state index contributed by atoms with van der Waals surface area (Å²) in [5.41, 5.74) is 2.38. The zero-order valence-electron chi connectivity index (χ0n) is 15.3. The quantitative estimate of drug-likeness (QED) is 0.654. The number of sulfonamides is 1. The molecular weight excluding hydrogens is 384 g/mol. The molecule has 0 unspecified atom stereocenters. The fraction of sp³-hybridized carbons (Fsp3) is 0.500. The Morgan fingerprint density at radius 2 is 1.96 bits per heavy atom. The van der Waals surface area contributed by atoms with E-state index in [2.05, 4.69) is 20.2 Å². The van der Waals surface area contributed by atoms with Crippen LogP contribution in [0.15, 0.2) is 23.1 Å². The number of fused-ring (bicyclic) bond motifs is 1. The zero-order chi connectivity index (χ0) is 19.3. The minimum Gasteiger partial charge on any atom is -0.301 e. The predicted molar refractivity (Wildman–Crippen MR) is 105 cm³/mol. The first-order valence-electron chi connectivity index (χ1n) is 9.21. The van der Waals surface area contributed by atoms with Crippen LogP contribution in [0.25, 0.3) is 0 Å². The van der Waals surface area contributed by atoms with Gasteiger partial charge in [-0.25, -0.2) is 13.1 Å². The predicted octanol–water partition coefficient (Wildman–Crippen LogP) is 2.68. The van der Waals surface area contributed by atoms with Crippen molar-refractivity contribution in [1.82, 2.24) is 14.9 Å². The van der Waals surface area contributed by atoms with Crippen molar-refractivity contribution in [2.45, 2.75) is 56.8 Å². The van der Waals surface area contributed by atoms with E-state index in [0.717, 1.165) is 42.7 Å². The van der Waals surface area contributed by atoms with Gasteiger partial charge in [0.05, 0.1) is 4.90 Å². The summed E-state index contributed by atoms with van der Waals surface area (Å²) in [6.07, 6.45) is 5.63. The second-order valence-electron chi connectivity index (χ2n) is 6.54. The molecule has 0 aliphatic heterocycles. The number of hydrogen-bond acceptors (Lipinski definition) is 6.